The Morgan fingerprint density at radius 1 is 1.06 bits per heavy atom. The van der Waals surface area contributed by atoms with Gasteiger partial charge in [-0.25, -0.2) is 0 Å². The lowest BCUT2D eigenvalue weighted by molar-refractivity contribution is 0.102. The first-order chi connectivity index (χ1) is 17.0. The lowest BCUT2D eigenvalue weighted by Gasteiger charge is -2.35. The monoisotopic (exact) mass is 467 g/mol. The number of nitriles is 1. The first-order valence-corrected chi connectivity index (χ1v) is 12.3. The van der Waals surface area contributed by atoms with Gasteiger partial charge in [-0.1, -0.05) is 36.4 Å². The smallest absolute Gasteiger partial charge is 0.255 e. The van der Waals surface area contributed by atoms with Gasteiger partial charge in [-0.15, -0.1) is 0 Å². The minimum absolute atomic E-state index is 0.138. The number of nitrogens with one attached hydrogen (secondary N) is 1. The number of ether oxygens (including phenoxy) is 1. The molecule has 3 aromatic carbocycles. The molecule has 0 bridgehead atoms. The third-order valence-corrected chi connectivity index (χ3v) is 6.88. The van der Waals surface area contributed by atoms with Crippen LogP contribution in [0.3, 0.4) is 0 Å². The van der Waals surface area contributed by atoms with Gasteiger partial charge in [-0.3, -0.25) is 4.79 Å². The molecule has 4 rings (SSSR count). The zero-order chi connectivity index (χ0) is 24.8. The van der Waals surface area contributed by atoms with Gasteiger partial charge < -0.3 is 15.0 Å². The number of nitrogens with zero attached hydrogens (tertiary/aromatic N) is 2. The first-order valence-electron chi connectivity index (χ1n) is 12.3. The van der Waals surface area contributed by atoms with E-state index in [0.717, 1.165) is 54.1 Å². The van der Waals surface area contributed by atoms with E-state index >= 15 is 0 Å². The van der Waals surface area contributed by atoms with E-state index in [1.165, 1.54) is 5.56 Å². The molecule has 180 valence electrons. The van der Waals surface area contributed by atoms with Gasteiger partial charge in [0.2, 0.25) is 0 Å². The summed E-state index contributed by atoms with van der Waals surface area (Å²) < 4.78 is 5.65. The predicted molar refractivity (Wildman–Crippen MR) is 141 cm³/mol. The molecule has 0 unspecified atom stereocenters. The highest BCUT2D eigenvalue weighted by Crippen LogP contribution is 2.36. The van der Waals surface area contributed by atoms with Crippen molar-refractivity contribution in [3.63, 3.8) is 0 Å². The fourth-order valence-corrected chi connectivity index (χ4v) is 4.83. The standard InChI is InChI=1S/C30H33N3O2/c1-21(2)33-17-14-24(15-18-33)28-20-27(11-12-29(28)35-3)32-30(34)25-9-7-23(8-10-25)26-6-4-5-22(19-26)13-16-31/h4-12,19-21,24H,13-15,17-18H2,1-3H3,(H,32,34). The van der Waals surface area contributed by atoms with Crippen molar-refractivity contribution >= 4 is 11.6 Å². The van der Waals surface area contributed by atoms with Crippen LogP contribution in [0.2, 0.25) is 0 Å². The maximum Gasteiger partial charge on any atom is 0.255 e. The minimum Gasteiger partial charge on any atom is -0.496 e. The number of anilines is 1. The summed E-state index contributed by atoms with van der Waals surface area (Å²) in [6, 6.07) is 24.2. The number of hydrogen-bond acceptors (Lipinski definition) is 4. The highest BCUT2D eigenvalue weighted by molar-refractivity contribution is 6.04. The van der Waals surface area contributed by atoms with E-state index in [1.54, 1.807) is 7.11 Å². The summed E-state index contributed by atoms with van der Waals surface area (Å²) >= 11 is 0. The third kappa shape index (κ3) is 5.90. The summed E-state index contributed by atoms with van der Waals surface area (Å²) in [7, 11) is 1.71. The van der Waals surface area contributed by atoms with Gasteiger partial charge in [0, 0.05) is 17.3 Å². The van der Waals surface area contributed by atoms with Crippen LogP contribution in [-0.4, -0.2) is 37.0 Å². The molecule has 1 aliphatic heterocycles. The molecule has 1 heterocycles. The van der Waals surface area contributed by atoms with E-state index in [1.807, 2.05) is 60.7 Å². The van der Waals surface area contributed by atoms with Crippen molar-refractivity contribution in [3.05, 3.63) is 83.4 Å². The van der Waals surface area contributed by atoms with Crippen molar-refractivity contribution in [3.8, 4) is 22.9 Å². The molecule has 0 atom stereocenters. The van der Waals surface area contributed by atoms with Gasteiger partial charge in [0.1, 0.15) is 5.75 Å². The highest BCUT2D eigenvalue weighted by Gasteiger charge is 2.24. The summed E-state index contributed by atoms with van der Waals surface area (Å²) in [4.78, 5) is 15.5. The lowest BCUT2D eigenvalue weighted by atomic mass is 9.88. The average molecular weight is 468 g/mol. The molecule has 0 aromatic heterocycles. The fourth-order valence-electron chi connectivity index (χ4n) is 4.83. The Kier molecular flexibility index (Phi) is 7.84. The molecule has 35 heavy (non-hydrogen) atoms. The van der Waals surface area contributed by atoms with E-state index in [0.29, 0.717) is 23.9 Å². The number of rotatable bonds is 7. The van der Waals surface area contributed by atoms with Crippen molar-refractivity contribution < 1.29 is 9.53 Å². The molecular weight excluding hydrogens is 434 g/mol. The lowest BCUT2D eigenvalue weighted by Crippen LogP contribution is -2.37. The SMILES string of the molecule is COc1ccc(NC(=O)c2ccc(-c3cccc(CC#N)c3)cc2)cc1C1CCN(C(C)C)CC1. The molecule has 1 fully saturated rings. The molecule has 0 aliphatic carbocycles. The van der Waals surface area contributed by atoms with Gasteiger partial charge in [0.25, 0.3) is 5.91 Å². The van der Waals surface area contributed by atoms with Crippen molar-refractivity contribution in [2.45, 2.75) is 45.1 Å². The summed E-state index contributed by atoms with van der Waals surface area (Å²) in [6.07, 6.45) is 2.56. The van der Waals surface area contributed by atoms with E-state index in [2.05, 4.69) is 36.2 Å². The van der Waals surface area contributed by atoms with Crippen molar-refractivity contribution in [1.29, 1.82) is 5.26 Å². The van der Waals surface area contributed by atoms with Crippen molar-refractivity contribution in [1.82, 2.24) is 4.90 Å². The van der Waals surface area contributed by atoms with Gasteiger partial charge >= 0.3 is 0 Å². The number of methoxy groups -OCH3 is 1. The number of amides is 1. The summed E-state index contributed by atoms with van der Waals surface area (Å²) in [5.41, 5.74) is 5.59. The number of hydrogen-bond donors (Lipinski definition) is 1. The third-order valence-electron chi connectivity index (χ3n) is 6.88. The fraction of sp³-hybridized carbons (Fsp3) is 0.333. The van der Waals surface area contributed by atoms with Crippen molar-refractivity contribution in [2.24, 2.45) is 0 Å². The Bertz CT molecular complexity index is 1200. The number of benzene rings is 3. The molecule has 0 radical (unpaired) electrons. The molecule has 1 aliphatic rings. The van der Waals surface area contributed by atoms with Crippen LogP contribution in [0.1, 0.15) is 54.1 Å². The number of piperidine rings is 1. The predicted octanol–water partition coefficient (Wildman–Crippen LogP) is 6.27. The van der Waals surface area contributed by atoms with Crippen LogP contribution in [0.25, 0.3) is 11.1 Å². The van der Waals surface area contributed by atoms with E-state index in [9.17, 15) is 4.79 Å². The molecule has 5 heteroatoms. The molecule has 0 saturated carbocycles. The zero-order valence-corrected chi connectivity index (χ0v) is 20.8. The minimum atomic E-state index is -0.138. The largest absolute Gasteiger partial charge is 0.496 e. The molecule has 1 amide bonds. The van der Waals surface area contributed by atoms with Crippen LogP contribution in [0, 0.1) is 11.3 Å². The molecule has 1 N–H and O–H groups in total. The van der Waals surface area contributed by atoms with Crippen LogP contribution in [-0.2, 0) is 6.42 Å². The van der Waals surface area contributed by atoms with Gasteiger partial charge in [-0.05, 0) is 98.3 Å². The normalized spacial score (nSPS) is 14.5. The zero-order valence-electron chi connectivity index (χ0n) is 20.8. The van der Waals surface area contributed by atoms with E-state index in [-0.39, 0.29) is 5.91 Å². The summed E-state index contributed by atoms with van der Waals surface area (Å²) in [5.74, 6) is 1.17. The molecule has 0 spiro atoms. The Morgan fingerprint density at radius 3 is 2.46 bits per heavy atom. The van der Waals surface area contributed by atoms with E-state index in [4.69, 9.17) is 10.00 Å². The number of likely N-dealkylation sites (tertiary alicyclic amines) is 1. The molecule has 3 aromatic rings. The van der Waals surface area contributed by atoms with Gasteiger partial charge in [-0.2, -0.15) is 5.26 Å². The van der Waals surface area contributed by atoms with Crippen LogP contribution in [0.4, 0.5) is 5.69 Å². The quantitative estimate of drug-likeness (QED) is 0.445. The maximum absolute atomic E-state index is 13.0. The topological polar surface area (TPSA) is 65.4 Å². The van der Waals surface area contributed by atoms with Crippen LogP contribution >= 0.6 is 0 Å². The molecular formula is C30H33N3O2. The number of carbonyl (C=O) groups is 1. The first kappa shape index (κ1) is 24.5. The Morgan fingerprint density at radius 2 is 1.80 bits per heavy atom. The van der Waals surface area contributed by atoms with Crippen LogP contribution < -0.4 is 10.1 Å². The van der Waals surface area contributed by atoms with Crippen molar-refractivity contribution in [2.75, 3.05) is 25.5 Å². The molecule has 5 nitrogen and oxygen atoms in total. The Labute approximate surface area is 208 Å². The van der Waals surface area contributed by atoms with Gasteiger partial charge in [0.15, 0.2) is 0 Å². The average Bonchev–Trinajstić information content (AvgIpc) is 2.89. The number of carbonyl (C=O) groups excluding carboxylic acids is 1. The summed E-state index contributed by atoms with van der Waals surface area (Å²) in [5, 5.41) is 12.0. The maximum atomic E-state index is 13.0. The Hall–Kier alpha value is -3.62. The second-order valence-corrected chi connectivity index (χ2v) is 9.43. The van der Waals surface area contributed by atoms with E-state index < -0.39 is 0 Å². The molecule has 1 saturated heterocycles. The highest BCUT2D eigenvalue weighted by atomic mass is 16.5. The summed E-state index contributed by atoms with van der Waals surface area (Å²) in [6.45, 7) is 6.65. The second kappa shape index (κ2) is 11.2. The van der Waals surface area contributed by atoms with Gasteiger partial charge in [0.05, 0.1) is 19.6 Å². The Balaban J connectivity index is 1.46. The van der Waals surface area contributed by atoms with Crippen LogP contribution in [0.5, 0.6) is 5.75 Å². The second-order valence-electron chi connectivity index (χ2n) is 9.43. The van der Waals surface area contributed by atoms with Crippen LogP contribution in [0.15, 0.2) is 66.7 Å².